The number of rotatable bonds is 6. The Morgan fingerprint density at radius 2 is 1.69 bits per heavy atom. The minimum atomic E-state index is -3.88. The van der Waals surface area contributed by atoms with Crippen LogP contribution in [0.5, 0.6) is 0 Å². The van der Waals surface area contributed by atoms with Crippen molar-refractivity contribution in [3.63, 3.8) is 0 Å². The minimum Gasteiger partial charge on any atom is -0.438 e. The maximum Gasteiger partial charge on any atom is 0.368 e. The lowest BCUT2D eigenvalue weighted by molar-refractivity contribution is 0.150. The molecule has 0 bridgehead atoms. The Morgan fingerprint density at radius 3 is 2.15 bits per heavy atom. The van der Waals surface area contributed by atoms with E-state index in [1.54, 1.807) is 52.0 Å². The summed E-state index contributed by atoms with van der Waals surface area (Å²) in [5.74, 6) is 0.0393. The van der Waals surface area contributed by atoms with Gasteiger partial charge in [-0.3, -0.25) is 4.57 Å². The van der Waals surface area contributed by atoms with Gasteiger partial charge in [-0.25, -0.2) is 0 Å². The largest absolute Gasteiger partial charge is 0.438 e. The molecule has 0 atom stereocenters. The summed E-state index contributed by atoms with van der Waals surface area (Å²) in [5.41, 5.74) is 6.75. The van der Waals surface area contributed by atoms with Crippen LogP contribution in [0.15, 0.2) is 34.7 Å². The van der Waals surface area contributed by atoms with Gasteiger partial charge in [-0.1, -0.05) is 42.5 Å². The average Bonchev–Trinajstić information content (AvgIpc) is 2.53. The van der Waals surface area contributed by atoms with E-state index in [-0.39, 0.29) is 27.0 Å². The first kappa shape index (κ1) is 20.3. The van der Waals surface area contributed by atoms with Gasteiger partial charge in [0.25, 0.3) is 0 Å². The molecule has 0 fully saturated rings. The van der Waals surface area contributed by atoms with E-state index < -0.39 is 19.8 Å². The first-order valence-corrected chi connectivity index (χ1v) is 10.0. The monoisotopic (exact) mass is 392 g/mol. The molecular weight excluding hydrogens is 371 g/mol. The van der Waals surface area contributed by atoms with Crippen molar-refractivity contribution < 1.29 is 18.0 Å². The molecule has 0 radical (unpaired) electrons. The van der Waals surface area contributed by atoms with Crippen LogP contribution < -0.4 is 11.0 Å². The van der Waals surface area contributed by atoms with Crippen molar-refractivity contribution in [3.05, 3.63) is 40.4 Å². The number of hydrogen-bond acceptors (Lipinski definition) is 7. The van der Waals surface area contributed by atoms with Crippen molar-refractivity contribution in [1.29, 1.82) is 5.26 Å². The Kier molecular flexibility index (Phi) is 6.38. The second kappa shape index (κ2) is 8.15. The normalized spacial score (nSPS) is 11.7. The van der Waals surface area contributed by atoms with E-state index in [9.17, 15) is 9.83 Å². The van der Waals surface area contributed by atoms with Crippen LogP contribution in [0.25, 0.3) is 11.3 Å². The molecule has 2 aromatic rings. The molecule has 0 saturated heterocycles. The third-order valence-electron chi connectivity index (χ3n) is 3.24. The van der Waals surface area contributed by atoms with Crippen molar-refractivity contribution in [2.75, 3.05) is 5.73 Å². The van der Waals surface area contributed by atoms with Crippen LogP contribution in [0.3, 0.4) is 0 Å². The molecule has 8 heteroatoms. The molecule has 1 aromatic heterocycles. The lowest BCUT2D eigenvalue weighted by Crippen LogP contribution is -2.21. The Morgan fingerprint density at radius 1 is 1.15 bits per heavy atom. The van der Waals surface area contributed by atoms with Gasteiger partial charge in [0.1, 0.15) is 16.9 Å². The van der Waals surface area contributed by atoms with E-state index in [4.69, 9.17) is 31.4 Å². The van der Waals surface area contributed by atoms with Gasteiger partial charge in [-0.15, -0.1) is 0 Å². The first-order valence-electron chi connectivity index (χ1n) is 8.09. The molecular formula is C18H21N2O4PS. The van der Waals surface area contributed by atoms with Gasteiger partial charge in [0, 0.05) is 5.56 Å². The predicted octanol–water partition coefficient (Wildman–Crippen LogP) is 4.80. The third-order valence-corrected chi connectivity index (χ3v) is 6.19. The number of nitriles is 1. The van der Waals surface area contributed by atoms with Gasteiger partial charge in [-0.2, -0.15) is 5.26 Å². The van der Waals surface area contributed by atoms with Crippen LogP contribution in [0.2, 0.25) is 0 Å². The Labute approximate surface area is 158 Å². The zero-order valence-electron chi connectivity index (χ0n) is 15.1. The van der Waals surface area contributed by atoms with Crippen LogP contribution >= 0.6 is 19.8 Å². The van der Waals surface area contributed by atoms with E-state index >= 15 is 0 Å². The van der Waals surface area contributed by atoms with Gasteiger partial charge in [-0.05, 0) is 27.7 Å². The Bertz CT molecular complexity index is 919. The summed E-state index contributed by atoms with van der Waals surface area (Å²) in [4.78, 5) is 0. The summed E-state index contributed by atoms with van der Waals surface area (Å²) >= 11 is 5.43. The molecule has 2 N–H and O–H groups in total. The van der Waals surface area contributed by atoms with E-state index in [1.165, 1.54) is 0 Å². The topological polar surface area (TPSA) is 98.5 Å². The smallest absolute Gasteiger partial charge is 0.368 e. The summed E-state index contributed by atoms with van der Waals surface area (Å²) in [6.45, 7) is 6.87. The van der Waals surface area contributed by atoms with Gasteiger partial charge in [0.05, 0.1) is 16.7 Å². The van der Waals surface area contributed by atoms with Crippen molar-refractivity contribution >= 4 is 31.0 Å². The molecule has 6 nitrogen and oxygen atoms in total. The highest BCUT2D eigenvalue weighted by atomic mass is 32.1. The summed E-state index contributed by atoms with van der Waals surface area (Å²) in [6.07, 6.45) is -0.819. The maximum atomic E-state index is 13.4. The molecule has 0 unspecified atom stereocenters. The number of hydrogen-bond donors (Lipinski definition) is 1. The standard InChI is InChI=1S/C18H21N2O4PS/c1-11(2)23-25(21,24-12(3)4)16-17(26)14(10-19)15(22-18(16)20)13-8-6-5-7-9-13/h5-9,11-12H,20H2,1-4H3. The lowest BCUT2D eigenvalue weighted by atomic mass is 10.1. The Hall–Kier alpha value is -1.97. The molecule has 26 heavy (non-hydrogen) atoms. The Balaban J connectivity index is 2.77. The second-order valence-electron chi connectivity index (χ2n) is 6.13. The molecule has 2 rings (SSSR count). The summed E-state index contributed by atoms with van der Waals surface area (Å²) < 4.78 is 30.2. The minimum absolute atomic E-state index is 0.0136. The van der Waals surface area contributed by atoms with Gasteiger partial charge < -0.3 is 19.2 Å². The molecule has 0 spiro atoms. The molecule has 0 aliphatic heterocycles. The van der Waals surface area contributed by atoms with Crippen LogP contribution in [0.1, 0.15) is 33.3 Å². The molecule has 1 heterocycles. The van der Waals surface area contributed by atoms with E-state index in [1.807, 2.05) is 12.1 Å². The zero-order chi connectivity index (χ0) is 19.5. The van der Waals surface area contributed by atoms with Crippen LogP contribution in [-0.4, -0.2) is 12.2 Å². The van der Waals surface area contributed by atoms with Crippen LogP contribution in [0, 0.1) is 15.8 Å². The summed E-state index contributed by atoms with van der Waals surface area (Å²) in [6, 6.07) is 11.0. The quantitative estimate of drug-likeness (QED) is 0.557. The van der Waals surface area contributed by atoms with E-state index in [0.717, 1.165) is 0 Å². The third kappa shape index (κ3) is 4.22. The molecule has 1 aromatic carbocycles. The highest BCUT2D eigenvalue weighted by molar-refractivity contribution is 7.73. The number of nitrogens with two attached hydrogens (primary N) is 1. The fraction of sp³-hybridized carbons (Fsp3) is 0.333. The summed E-state index contributed by atoms with van der Waals surface area (Å²) in [7, 11) is -3.88. The average molecular weight is 392 g/mol. The van der Waals surface area contributed by atoms with Gasteiger partial charge >= 0.3 is 7.60 Å². The fourth-order valence-electron chi connectivity index (χ4n) is 2.38. The number of nitrogen functional groups attached to an aromatic ring is 1. The molecule has 0 aliphatic carbocycles. The molecule has 138 valence electrons. The van der Waals surface area contributed by atoms with E-state index in [2.05, 4.69) is 0 Å². The SMILES string of the molecule is CC(C)OP(=O)(OC(C)C)c1c(N)oc(-c2ccccc2)c(C#N)c1=S. The number of nitrogens with zero attached hydrogens (tertiary/aromatic N) is 1. The van der Waals surface area contributed by atoms with Gasteiger partial charge in [0.15, 0.2) is 5.76 Å². The number of benzene rings is 1. The van der Waals surface area contributed by atoms with Crippen molar-refractivity contribution in [2.24, 2.45) is 0 Å². The zero-order valence-corrected chi connectivity index (χ0v) is 16.8. The molecule has 0 saturated carbocycles. The molecule has 0 amide bonds. The maximum absolute atomic E-state index is 13.4. The van der Waals surface area contributed by atoms with Crippen molar-refractivity contribution in [1.82, 2.24) is 0 Å². The van der Waals surface area contributed by atoms with Crippen molar-refractivity contribution in [2.45, 2.75) is 39.9 Å². The predicted molar refractivity (Wildman–Crippen MR) is 104 cm³/mol. The lowest BCUT2D eigenvalue weighted by Gasteiger charge is -2.24. The van der Waals surface area contributed by atoms with Crippen LogP contribution in [0.4, 0.5) is 5.88 Å². The van der Waals surface area contributed by atoms with Crippen LogP contribution in [-0.2, 0) is 13.6 Å². The van der Waals surface area contributed by atoms with Crippen molar-refractivity contribution in [3.8, 4) is 17.4 Å². The number of anilines is 1. The second-order valence-corrected chi connectivity index (χ2v) is 8.40. The fourth-order valence-corrected chi connectivity index (χ4v) is 5.00. The van der Waals surface area contributed by atoms with E-state index in [0.29, 0.717) is 5.56 Å². The van der Waals surface area contributed by atoms with Gasteiger partial charge in [0.2, 0.25) is 5.88 Å². The highest BCUT2D eigenvalue weighted by Gasteiger charge is 2.37. The first-order chi connectivity index (χ1) is 12.2. The molecule has 0 aliphatic rings. The summed E-state index contributed by atoms with van der Waals surface area (Å²) in [5, 5.41) is 9.54. The highest BCUT2D eigenvalue weighted by Crippen LogP contribution is 2.52.